The lowest BCUT2D eigenvalue weighted by molar-refractivity contribution is -0.308. The van der Waals surface area contributed by atoms with E-state index in [1.807, 2.05) is 6.92 Å². The fourth-order valence-electron chi connectivity index (χ4n) is 10.9. The highest BCUT2D eigenvalue weighted by molar-refractivity contribution is 5.85. The van der Waals surface area contributed by atoms with Crippen molar-refractivity contribution < 1.29 is 30.0 Å². The molecule has 4 saturated carbocycles. The Labute approximate surface area is 217 Å². The van der Waals surface area contributed by atoms with Crippen molar-refractivity contribution in [2.75, 3.05) is 0 Å². The van der Waals surface area contributed by atoms with Crippen LogP contribution in [0.4, 0.5) is 0 Å². The van der Waals surface area contributed by atoms with Gasteiger partial charge in [0.2, 0.25) is 0 Å². The van der Waals surface area contributed by atoms with Crippen LogP contribution in [0.3, 0.4) is 0 Å². The molecule has 0 amide bonds. The van der Waals surface area contributed by atoms with Crippen molar-refractivity contribution in [1.82, 2.24) is 0 Å². The second-order valence-corrected chi connectivity index (χ2v) is 15.4. The minimum atomic E-state index is -1.41. The maximum absolute atomic E-state index is 12.9. The number of Topliss-reactive ketones (excluding diaryl/α,β-unsaturated/α-hetero) is 1. The molecule has 0 aromatic carbocycles. The largest absolute Gasteiger partial charge is 0.388 e. The summed E-state index contributed by atoms with van der Waals surface area (Å²) in [6, 6.07) is 0. The molecule has 5 rings (SSSR count). The maximum Gasteiger partial charge on any atom is 0.138 e. The van der Waals surface area contributed by atoms with Gasteiger partial charge in [-0.2, -0.15) is 0 Å². The zero-order valence-electron chi connectivity index (χ0n) is 23.7. The molecule has 6 nitrogen and oxygen atoms in total. The molecule has 206 valence electrons. The number of ether oxygens (including phenoxy) is 1. The number of rotatable bonds is 2. The Hall–Kier alpha value is -0.530. The van der Waals surface area contributed by atoms with E-state index in [1.165, 1.54) is 0 Å². The second kappa shape index (κ2) is 7.56. The van der Waals surface area contributed by atoms with Gasteiger partial charge in [-0.25, -0.2) is 0 Å². The van der Waals surface area contributed by atoms with E-state index in [9.17, 15) is 25.2 Å². The molecular weight excluding hydrogens is 456 g/mol. The quantitative estimate of drug-likeness (QED) is 0.451. The number of hydrogen-bond acceptors (Lipinski definition) is 6. The summed E-state index contributed by atoms with van der Waals surface area (Å²) in [6.45, 7) is 16.3. The normalized spacial score (nSPS) is 55.2. The Morgan fingerprint density at radius 3 is 2.22 bits per heavy atom. The smallest absolute Gasteiger partial charge is 0.138 e. The average Bonchev–Trinajstić information content (AvgIpc) is 2.95. The third-order valence-electron chi connectivity index (χ3n) is 13.3. The van der Waals surface area contributed by atoms with Crippen LogP contribution in [-0.4, -0.2) is 61.3 Å². The molecule has 5 fully saturated rings. The minimum absolute atomic E-state index is 0.0112. The molecule has 6 heteroatoms. The molecular formula is C30H50O6. The van der Waals surface area contributed by atoms with E-state index >= 15 is 0 Å². The van der Waals surface area contributed by atoms with Crippen molar-refractivity contribution in [2.24, 2.45) is 39.4 Å². The van der Waals surface area contributed by atoms with Gasteiger partial charge in [0.25, 0.3) is 0 Å². The molecule has 4 N–H and O–H groups in total. The van der Waals surface area contributed by atoms with E-state index in [-0.39, 0.29) is 22.2 Å². The Morgan fingerprint density at radius 2 is 1.61 bits per heavy atom. The van der Waals surface area contributed by atoms with Crippen LogP contribution in [0.5, 0.6) is 0 Å². The fourth-order valence-corrected chi connectivity index (χ4v) is 10.9. The summed E-state index contributed by atoms with van der Waals surface area (Å²) in [6.07, 6.45) is 3.36. The van der Waals surface area contributed by atoms with Gasteiger partial charge in [-0.1, -0.05) is 41.5 Å². The molecule has 1 heterocycles. The molecule has 1 saturated heterocycles. The highest BCUT2D eigenvalue weighted by Crippen LogP contribution is 2.77. The first-order valence-electron chi connectivity index (χ1n) is 14.3. The van der Waals surface area contributed by atoms with Crippen LogP contribution in [0.15, 0.2) is 0 Å². The second-order valence-electron chi connectivity index (χ2n) is 15.4. The topological polar surface area (TPSA) is 107 Å². The Kier molecular flexibility index (Phi) is 5.68. The lowest BCUT2D eigenvalue weighted by Gasteiger charge is -2.71. The Bertz CT molecular complexity index is 940. The van der Waals surface area contributed by atoms with Crippen LogP contribution in [-0.2, 0) is 9.53 Å². The highest BCUT2D eigenvalue weighted by Gasteiger charge is 2.80. The van der Waals surface area contributed by atoms with E-state index in [2.05, 4.69) is 34.6 Å². The summed E-state index contributed by atoms with van der Waals surface area (Å²) >= 11 is 0. The van der Waals surface area contributed by atoms with Crippen molar-refractivity contribution in [3.63, 3.8) is 0 Å². The van der Waals surface area contributed by atoms with E-state index in [0.29, 0.717) is 43.3 Å². The van der Waals surface area contributed by atoms with Gasteiger partial charge in [0.1, 0.15) is 23.1 Å². The molecule has 11 atom stereocenters. The molecule has 0 bridgehead atoms. The van der Waals surface area contributed by atoms with Crippen LogP contribution < -0.4 is 0 Å². The van der Waals surface area contributed by atoms with Crippen molar-refractivity contribution in [2.45, 2.75) is 142 Å². The van der Waals surface area contributed by atoms with Crippen molar-refractivity contribution >= 4 is 5.78 Å². The molecule has 1 aliphatic heterocycles. The number of aliphatic hydroxyl groups is 4. The Balaban J connectivity index is 1.55. The summed E-state index contributed by atoms with van der Waals surface area (Å²) in [5.74, 6) is 0.765. The lowest BCUT2D eigenvalue weighted by atomic mass is 9.34. The number of ketones is 1. The standard InChI is InChI=1S/C30H50O6/c1-17-15-18(23(32)25(4,5)33)36-22-16-28(8)27(7)13-9-19-24(2,3)21(31)11-12-26(19,6)20(27)10-14-29(28,34)30(17,22)35/h17-20,22-23,32-35H,9-16H2,1-8H3/t17-,18-,19-,20+,22-,23+,26+,27-,28-,29+,30+/m1/s1. The maximum atomic E-state index is 12.9. The molecule has 0 unspecified atom stereocenters. The van der Waals surface area contributed by atoms with E-state index in [4.69, 9.17) is 4.74 Å². The molecule has 0 aromatic rings. The Morgan fingerprint density at radius 1 is 1.00 bits per heavy atom. The van der Waals surface area contributed by atoms with Crippen molar-refractivity contribution in [3.8, 4) is 0 Å². The number of aliphatic hydroxyl groups excluding tert-OH is 1. The molecule has 5 aliphatic rings. The SMILES string of the molecule is C[C@@H]1C[C@H]([C@H](O)C(C)(C)O)O[C@@H]2C[C@@]3(C)[C@@](O)(CC[C@H]4[C@@]5(C)CCC(=O)C(C)(C)[C@H]5CC[C@]43C)[C@]12O. The predicted molar refractivity (Wildman–Crippen MR) is 137 cm³/mol. The molecule has 0 spiro atoms. The summed E-state index contributed by atoms with van der Waals surface area (Å²) < 4.78 is 6.43. The molecule has 36 heavy (non-hydrogen) atoms. The zero-order chi connectivity index (χ0) is 26.9. The third-order valence-corrected chi connectivity index (χ3v) is 13.3. The fraction of sp³-hybridized carbons (Fsp3) is 0.967. The summed E-state index contributed by atoms with van der Waals surface area (Å²) in [5, 5.41) is 46.3. The van der Waals surface area contributed by atoms with E-state index in [1.54, 1.807) is 13.8 Å². The molecule has 0 radical (unpaired) electrons. The minimum Gasteiger partial charge on any atom is -0.388 e. The summed E-state index contributed by atoms with van der Waals surface area (Å²) in [5.41, 5.74) is -5.15. The van der Waals surface area contributed by atoms with Gasteiger partial charge in [0.05, 0.1) is 17.8 Å². The first kappa shape index (κ1) is 27.1. The molecule has 0 aromatic heterocycles. The van der Waals surface area contributed by atoms with Gasteiger partial charge >= 0.3 is 0 Å². The van der Waals surface area contributed by atoms with E-state index < -0.39 is 40.5 Å². The van der Waals surface area contributed by atoms with E-state index in [0.717, 1.165) is 25.7 Å². The number of carbonyl (C=O) groups is 1. The number of fused-ring (bicyclic) bond motifs is 7. The first-order valence-corrected chi connectivity index (χ1v) is 14.3. The lowest BCUT2D eigenvalue weighted by Crippen LogP contribution is -2.73. The van der Waals surface area contributed by atoms with Gasteiger partial charge in [-0.3, -0.25) is 4.79 Å². The first-order chi connectivity index (χ1) is 16.3. The predicted octanol–water partition coefficient (Wildman–Crippen LogP) is 4.01. The van der Waals surface area contributed by atoms with Crippen LogP contribution >= 0.6 is 0 Å². The van der Waals surface area contributed by atoms with Gasteiger partial charge in [0, 0.05) is 17.3 Å². The van der Waals surface area contributed by atoms with Crippen LogP contribution in [0.25, 0.3) is 0 Å². The molecule has 4 aliphatic carbocycles. The summed E-state index contributed by atoms with van der Waals surface area (Å²) in [4.78, 5) is 12.9. The number of carbonyl (C=O) groups excluding carboxylic acids is 1. The zero-order valence-corrected chi connectivity index (χ0v) is 23.7. The highest BCUT2D eigenvalue weighted by atomic mass is 16.5. The van der Waals surface area contributed by atoms with Crippen molar-refractivity contribution in [3.05, 3.63) is 0 Å². The van der Waals surface area contributed by atoms with Gasteiger partial charge in [-0.05, 0) is 87.4 Å². The van der Waals surface area contributed by atoms with Gasteiger partial charge < -0.3 is 25.2 Å². The van der Waals surface area contributed by atoms with Crippen LogP contribution in [0.2, 0.25) is 0 Å². The van der Waals surface area contributed by atoms with Crippen LogP contribution in [0.1, 0.15) is 107 Å². The monoisotopic (exact) mass is 506 g/mol. The number of hydrogen-bond donors (Lipinski definition) is 4. The van der Waals surface area contributed by atoms with Gasteiger partial charge in [-0.15, -0.1) is 0 Å². The van der Waals surface area contributed by atoms with Crippen molar-refractivity contribution in [1.29, 1.82) is 0 Å². The average molecular weight is 507 g/mol. The van der Waals surface area contributed by atoms with Crippen LogP contribution in [0, 0.1) is 39.4 Å². The summed E-state index contributed by atoms with van der Waals surface area (Å²) in [7, 11) is 0. The third kappa shape index (κ3) is 2.94. The van der Waals surface area contributed by atoms with Gasteiger partial charge in [0.15, 0.2) is 0 Å².